The second kappa shape index (κ2) is 12.3. The Morgan fingerprint density at radius 2 is 1.43 bits per heavy atom. The number of amides is 2. The zero-order valence-electron chi connectivity index (χ0n) is 19.4. The Balaban J connectivity index is 1.37. The van der Waals surface area contributed by atoms with Crippen molar-refractivity contribution in [3.8, 4) is 11.1 Å². The number of alkyl carbamates (subject to hydrolysis) is 1. The summed E-state index contributed by atoms with van der Waals surface area (Å²) in [6.45, 7) is -1.09. The van der Waals surface area contributed by atoms with E-state index in [0.717, 1.165) is 35.1 Å². The van der Waals surface area contributed by atoms with E-state index in [1.807, 2.05) is 53.8 Å². The summed E-state index contributed by atoms with van der Waals surface area (Å²) >= 11 is 0. The molecule has 0 heterocycles. The van der Waals surface area contributed by atoms with Gasteiger partial charge in [0.15, 0.2) is 0 Å². The molecule has 0 fully saturated rings. The molecular formula is C26H30F2N2O5. The van der Waals surface area contributed by atoms with Crippen molar-refractivity contribution >= 4 is 18.0 Å². The molecule has 9 heteroatoms. The highest BCUT2D eigenvalue weighted by Crippen LogP contribution is 2.44. The molecule has 0 spiro atoms. The van der Waals surface area contributed by atoms with Crippen LogP contribution in [0.2, 0.25) is 0 Å². The second-order valence-corrected chi connectivity index (χ2v) is 8.55. The number of carboxylic acid groups (broad SMARTS) is 1. The van der Waals surface area contributed by atoms with Crippen LogP contribution in [0.4, 0.5) is 13.6 Å². The lowest BCUT2D eigenvalue weighted by Crippen LogP contribution is -2.48. The van der Waals surface area contributed by atoms with Gasteiger partial charge in [-0.3, -0.25) is 9.59 Å². The topological polar surface area (TPSA) is 105 Å². The maximum Gasteiger partial charge on any atom is 0.407 e. The highest BCUT2D eigenvalue weighted by Gasteiger charge is 2.39. The molecule has 0 aliphatic heterocycles. The molecule has 2 aromatic rings. The number of carboxylic acids is 1. The van der Waals surface area contributed by atoms with Gasteiger partial charge in [0.05, 0.1) is 6.54 Å². The van der Waals surface area contributed by atoms with Gasteiger partial charge in [-0.2, -0.15) is 8.78 Å². The summed E-state index contributed by atoms with van der Waals surface area (Å²) in [4.78, 5) is 34.3. The van der Waals surface area contributed by atoms with Gasteiger partial charge in [-0.15, -0.1) is 0 Å². The lowest BCUT2D eigenvalue weighted by molar-refractivity contribution is -0.144. The molecule has 0 bridgehead atoms. The van der Waals surface area contributed by atoms with Gasteiger partial charge >= 0.3 is 18.0 Å². The standard InChI is InChI=1S/C26H30F2N2O5/c27-26(28,24(33)29-15-9-3-1-2-4-14-23(31)32)17-30-25(34)35-16-22-20-12-7-5-10-18(20)19-11-6-8-13-21(19)22/h5-8,10-13,22H,1-4,9,14-17H2,(H,29,33)(H,30,34)(H,31,32). The third kappa shape index (κ3) is 7.24. The number of ether oxygens (including phenoxy) is 1. The summed E-state index contributed by atoms with van der Waals surface area (Å²) in [6.07, 6.45) is 2.38. The van der Waals surface area contributed by atoms with Crippen molar-refractivity contribution < 1.29 is 33.0 Å². The predicted octanol–water partition coefficient (Wildman–Crippen LogP) is 4.70. The Labute approximate surface area is 202 Å². The van der Waals surface area contributed by atoms with Gasteiger partial charge in [-0.25, -0.2) is 4.79 Å². The quantitative estimate of drug-likeness (QED) is 0.355. The molecule has 0 aromatic heterocycles. The summed E-state index contributed by atoms with van der Waals surface area (Å²) in [5.74, 6) is -6.26. The van der Waals surface area contributed by atoms with Crippen LogP contribution in [0.25, 0.3) is 11.1 Å². The van der Waals surface area contributed by atoms with Crippen LogP contribution in [0.15, 0.2) is 48.5 Å². The molecule has 0 radical (unpaired) electrons. The molecule has 0 unspecified atom stereocenters. The van der Waals surface area contributed by atoms with Crippen LogP contribution in [-0.2, 0) is 14.3 Å². The van der Waals surface area contributed by atoms with E-state index in [4.69, 9.17) is 9.84 Å². The number of aliphatic carboxylic acids is 1. The first-order chi connectivity index (χ1) is 16.8. The van der Waals surface area contributed by atoms with E-state index in [2.05, 4.69) is 5.32 Å². The normalized spacial score (nSPS) is 12.5. The fourth-order valence-electron chi connectivity index (χ4n) is 4.18. The Hall–Kier alpha value is -3.49. The molecule has 2 amide bonds. The maximum absolute atomic E-state index is 14.1. The molecule has 2 aromatic carbocycles. The Kier molecular flexibility index (Phi) is 9.17. The molecule has 0 atom stereocenters. The van der Waals surface area contributed by atoms with Crippen molar-refractivity contribution in [1.29, 1.82) is 0 Å². The van der Waals surface area contributed by atoms with Gasteiger partial charge in [-0.1, -0.05) is 67.8 Å². The second-order valence-electron chi connectivity index (χ2n) is 8.55. The van der Waals surface area contributed by atoms with E-state index in [0.29, 0.717) is 19.3 Å². The number of rotatable bonds is 13. The van der Waals surface area contributed by atoms with E-state index in [1.165, 1.54) is 0 Å². The van der Waals surface area contributed by atoms with E-state index in [-0.39, 0.29) is 25.5 Å². The minimum Gasteiger partial charge on any atom is -0.481 e. The average molecular weight is 489 g/mol. The van der Waals surface area contributed by atoms with Crippen LogP contribution in [0.5, 0.6) is 0 Å². The van der Waals surface area contributed by atoms with Gasteiger partial charge in [0.1, 0.15) is 6.61 Å². The lowest BCUT2D eigenvalue weighted by atomic mass is 9.98. The summed E-state index contributed by atoms with van der Waals surface area (Å²) in [6, 6.07) is 15.6. The Morgan fingerprint density at radius 3 is 2.06 bits per heavy atom. The number of halogens is 2. The minimum atomic E-state index is -3.77. The number of nitrogens with one attached hydrogen (secondary N) is 2. The molecule has 3 rings (SSSR count). The van der Waals surface area contributed by atoms with Gasteiger partial charge in [-0.05, 0) is 35.1 Å². The van der Waals surface area contributed by atoms with Crippen molar-refractivity contribution in [1.82, 2.24) is 10.6 Å². The van der Waals surface area contributed by atoms with Crippen LogP contribution in [0.1, 0.15) is 55.6 Å². The molecule has 0 saturated heterocycles. The van der Waals surface area contributed by atoms with E-state index in [1.54, 1.807) is 0 Å². The zero-order chi connectivity index (χ0) is 25.3. The van der Waals surface area contributed by atoms with Crippen molar-refractivity contribution in [3.05, 3.63) is 59.7 Å². The smallest absolute Gasteiger partial charge is 0.407 e. The van der Waals surface area contributed by atoms with Crippen LogP contribution >= 0.6 is 0 Å². The van der Waals surface area contributed by atoms with Gasteiger partial charge < -0.3 is 20.5 Å². The summed E-state index contributed by atoms with van der Waals surface area (Å²) in [5, 5.41) is 12.7. The summed E-state index contributed by atoms with van der Waals surface area (Å²) in [5.41, 5.74) is 4.13. The number of benzene rings is 2. The van der Waals surface area contributed by atoms with Gasteiger partial charge in [0, 0.05) is 18.9 Å². The maximum atomic E-state index is 14.1. The van der Waals surface area contributed by atoms with Crippen LogP contribution in [-0.4, -0.2) is 48.7 Å². The molecule has 3 N–H and O–H groups in total. The highest BCUT2D eigenvalue weighted by molar-refractivity contribution is 5.84. The first-order valence-corrected chi connectivity index (χ1v) is 11.8. The van der Waals surface area contributed by atoms with Crippen LogP contribution in [0, 0.1) is 0 Å². The average Bonchev–Trinajstić information content (AvgIpc) is 3.16. The fraction of sp³-hybridized carbons (Fsp3) is 0.423. The highest BCUT2D eigenvalue weighted by atomic mass is 19.3. The van der Waals surface area contributed by atoms with Crippen molar-refractivity contribution in [2.24, 2.45) is 0 Å². The monoisotopic (exact) mass is 488 g/mol. The summed E-state index contributed by atoms with van der Waals surface area (Å²) < 4.78 is 33.5. The van der Waals surface area contributed by atoms with Gasteiger partial charge in [0.2, 0.25) is 0 Å². The Bertz CT molecular complexity index is 998. The fourth-order valence-corrected chi connectivity index (χ4v) is 4.18. The first-order valence-electron chi connectivity index (χ1n) is 11.8. The molecule has 0 saturated carbocycles. The number of hydrogen-bond donors (Lipinski definition) is 3. The van der Waals surface area contributed by atoms with Crippen molar-refractivity contribution in [2.75, 3.05) is 19.7 Å². The lowest BCUT2D eigenvalue weighted by Gasteiger charge is -2.18. The molecular weight excluding hydrogens is 458 g/mol. The van der Waals surface area contributed by atoms with Crippen LogP contribution < -0.4 is 10.6 Å². The number of hydrogen-bond acceptors (Lipinski definition) is 4. The molecule has 1 aliphatic carbocycles. The number of alkyl halides is 2. The van der Waals surface area contributed by atoms with Crippen LogP contribution in [0.3, 0.4) is 0 Å². The first kappa shape index (κ1) is 26.1. The number of carbonyl (C=O) groups is 3. The molecule has 188 valence electrons. The third-order valence-corrected chi connectivity index (χ3v) is 5.98. The third-order valence-electron chi connectivity index (χ3n) is 5.98. The largest absolute Gasteiger partial charge is 0.481 e. The Morgan fingerprint density at radius 1 is 0.857 bits per heavy atom. The SMILES string of the molecule is O=C(O)CCCCCCCNC(=O)C(F)(F)CNC(=O)OCC1c2ccccc2-c2ccccc21. The molecule has 1 aliphatic rings. The van der Waals surface area contributed by atoms with E-state index in [9.17, 15) is 23.2 Å². The van der Waals surface area contributed by atoms with Gasteiger partial charge in [0.25, 0.3) is 5.91 Å². The predicted molar refractivity (Wildman–Crippen MR) is 126 cm³/mol. The van der Waals surface area contributed by atoms with E-state index >= 15 is 0 Å². The molecule has 35 heavy (non-hydrogen) atoms. The zero-order valence-corrected chi connectivity index (χ0v) is 19.4. The number of fused-ring (bicyclic) bond motifs is 3. The van der Waals surface area contributed by atoms with Crippen molar-refractivity contribution in [3.63, 3.8) is 0 Å². The van der Waals surface area contributed by atoms with E-state index < -0.39 is 30.4 Å². The summed E-state index contributed by atoms with van der Waals surface area (Å²) in [7, 11) is 0. The van der Waals surface area contributed by atoms with Crippen molar-refractivity contribution in [2.45, 2.75) is 50.4 Å². The molecule has 7 nitrogen and oxygen atoms in total. The minimum absolute atomic E-state index is 0.00983. The number of unbranched alkanes of at least 4 members (excludes halogenated alkanes) is 4. The number of carbonyl (C=O) groups excluding carboxylic acids is 2.